The fourth-order valence-electron chi connectivity index (χ4n) is 1.31. The lowest BCUT2D eigenvalue weighted by atomic mass is 10.2. The van der Waals surface area contributed by atoms with Gasteiger partial charge in [0.15, 0.2) is 0 Å². The third kappa shape index (κ3) is 2.18. The van der Waals surface area contributed by atoms with E-state index in [2.05, 4.69) is 4.98 Å². The van der Waals surface area contributed by atoms with E-state index in [0.29, 0.717) is 15.6 Å². The van der Waals surface area contributed by atoms with Crippen LogP contribution in [0.4, 0.5) is 13.2 Å². The van der Waals surface area contributed by atoms with Gasteiger partial charge in [-0.2, -0.15) is 8.78 Å². The van der Waals surface area contributed by atoms with E-state index in [0.717, 1.165) is 12.4 Å². The smallest absolute Gasteiger partial charge is 0.273 e. The highest BCUT2D eigenvalue weighted by molar-refractivity contribution is 5.76. The third-order valence-electron chi connectivity index (χ3n) is 2.07. The predicted octanol–water partition coefficient (Wildman–Crippen LogP) is 3.91. The van der Waals surface area contributed by atoms with Crippen LogP contribution in [-0.4, -0.2) is 9.55 Å². The van der Waals surface area contributed by atoms with E-state index < -0.39 is 12.4 Å². The van der Waals surface area contributed by atoms with Crippen molar-refractivity contribution in [2.45, 2.75) is 27.3 Å². The number of aromatic nitrogens is 2. The molecule has 0 saturated heterocycles. The molecule has 0 unspecified atom stereocenters. The summed E-state index contributed by atoms with van der Waals surface area (Å²) < 4.78 is 38.4. The number of imidazole rings is 1. The van der Waals surface area contributed by atoms with E-state index in [-0.39, 0.29) is 5.52 Å². The first kappa shape index (κ1) is 12.5. The monoisotopic (exact) mass is 230 g/mol. The van der Waals surface area contributed by atoms with Crippen LogP contribution in [0.2, 0.25) is 0 Å². The van der Waals surface area contributed by atoms with Gasteiger partial charge in [0.1, 0.15) is 12.1 Å². The van der Waals surface area contributed by atoms with Crippen molar-refractivity contribution in [1.82, 2.24) is 9.55 Å². The van der Waals surface area contributed by atoms with Crippen LogP contribution in [-0.2, 0) is 0 Å². The molecular weight excluding hydrogens is 217 g/mol. The molecule has 0 atom stereocenters. The molecule has 1 aromatic heterocycles. The molecule has 88 valence electrons. The number of halogens is 3. The van der Waals surface area contributed by atoms with Crippen LogP contribution in [0.15, 0.2) is 18.5 Å². The van der Waals surface area contributed by atoms with Crippen LogP contribution in [0.3, 0.4) is 0 Å². The number of benzene rings is 1. The minimum atomic E-state index is -2.69. The van der Waals surface area contributed by atoms with E-state index in [1.54, 1.807) is 6.92 Å². The molecule has 5 heteroatoms. The molecule has 2 aromatic rings. The highest BCUT2D eigenvalue weighted by Gasteiger charge is 2.12. The van der Waals surface area contributed by atoms with E-state index in [4.69, 9.17) is 0 Å². The van der Waals surface area contributed by atoms with Gasteiger partial charge in [-0.15, -0.1) is 0 Å². The highest BCUT2D eigenvalue weighted by Crippen LogP contribution is 2.22. The lowest BCUT2D eigenvalue weighted by Gasteiger charge is -2.02. The van der Waals surface area contributed by atoms with Gasteiger partial charge in [0, 0.05) is 6.07 Å². The Bertz CT molecular complexity index is 477. The van der Waals surface area contributed by atoms with Gasteiger partial charge in [-0.05, 0) is 18.6 Å². The van der Waals surface area contributed by atoms with Gasteiger partial charge in [-0.3, -0.25) is 4.57 Å². The Morgan fingerprint density at radius 1 is 1.25 bits per heavy atom. The molecule has 0 saturated carbocycles. The molecule has 0 bridgehead atoms. The summed E-state index contributed by atoms with van der Waals surface area (Å²) in [5.74, 6) is -0.500. The molecular formula is C11H13F3N2. The van der Waals surface area contributed by atoms with Crippen molar-refractivity contribution < 1.29 is 13.2 Å². The second-order valence-electron chi connectivity index (χ2n) is 3.02. The topological polar surface area (TPSA) is 17.8 Å². The molecule has 1 heterocycles. The minimum absolute atomic E-state index is 0.114. The molecule has 0 radical (unpaired) electrons. The average Bonchev–Trinajstić information content (AvgIpc) is 2.65. The number of nitrogens with zero attached hydrogens (tertiary/aromatic N) is 2. The Labute approximate surface area is 91.7 Å². The van der Waals surface area contributed by atoms with Crippen LogP contribution in [0.5, 0.6) is 0 Å². The number of alkyl halides is 2. The first-order chi connectivity index (χ1) is 7.59. The Morgan fingerprint density at radius 2 is 1.88 bits per heavy atom. The zero-order valence-electron chi connectivity index (χ0n) is 9.34. The highest BCUT2D eigenvalue weighted by atomic mass is 19.3. The van der Waals surface area contributed by atoms with Gasteiger partial charge < -0.3 is 0 Å². The van der Waals surface area contributed by atoms with Gasteiger partial charge in [-0.25, -0.2) is 9.37 Å². The van der Waals surface area contributed by atoms with Crippen LogP contribution < -0.4 is 0 Å². The molecule has 0 fully saturated rings. The normalized spacial score (nSPS) is 10.4. The molecule has 0 aliphatic carbocycles. The molecule has 0 aliphatic rings. The first-order valence-electron chi connectivity index (χ1n) is 5.00. The summed E-state index contributed by atoms with van der Waals surface area (Å²) in [5, 5.41) is 0. The number of hydrogen-bond donors (Lipinski definition) is 0. The average molecular weight is 230 g/mol. The maximum atomic E-state index is 13.1. The number of hydrogen-bond acceptors (Lipinski definition) is 1. The largest absolute Gasteiger partial charge is 0.320 e. The lowest BCUT2D eigenvalue weighted by Crippen LogP contribution is -1.95. The van der Waals surface area contributed by atoms with Crippen molar-refractivity contribution >= 4 is 11.0 Å². The van der Waals surface area contributed by atoms with Crippen molar-refractivity contribution in [3.63, 3.8) is 0 Å². The van der Waals surface area contributed by atoms with Crippen LogP contribution in [0, 0.1) is 12.7 Å². The Balaban J connectivity index is 0.000000606. The predicted molar refractivity (Wildman–Crippen MR) is 57.0 cm³/mol. The zero-order chi connectivity index (χ0) is 12.3. The summed E-state index contributed by atoms with van der Waals surface area (Å²) in [7, 11) is 0. The van der Waals surface area contributed by atoms with Crippen molar-refractivity contribution in [3.05, 3.63) is 29.8 Å². The van der Waals surface area contributed by atoms with Gasteiger partial charge in [-0.1, -0.05) is 13.8 Å². The summed E-state index contributed by atoms with van der Waals surface area (Å²) in [6.45, 7) is 2.87. The first-order valence-corrected chi connectivity index (χ1v) is 5.00. The lowest BCUT2D eigenvalue weighted by molar-refractivity contribution is 0.0745. The maximum absolute atomic E-state index is 13.1. The van der Waals surface area contributed by atoms with E-state index in [9.17, 15) is 13.2 Å². The maximum Gasteiger partial charge on any atom is 0.320 e. The molecule has 0 aliphatic heterocycles. The second kappa shape index (κ2) is 5.01. The Hall–Kier alpha value is -1.52. The van der Waals surface area contributed by atoms with Crippen molar-refractivity contribution in [2.75, 3.05) is 0 Å². The molecule has 0 N–H and O–H groups in total. The standard InChI is InChI=1S/C9H7F3N2.C2H6/c1-5-2-7-8(3-6(5)10)14(4-13-7)9(11)12;1-2/h2-4,9H,1H3;1-2H3. The van der Waals surface area contributed by atoms with Crippen LogP contribution in [0.1, 0.15) is 26.0 Å². The number of aryl methyl sites for hydroxylation is 1. The summed E-state index contributed by atoms with van der Waals surface area (Å²) in [5.41, 5.74) is 0.893. The molecule has 0 spiro atoms. The number of fused-ring (bicyclic) bond motifs is 1. The van der Waals surface area contributed by atoms with Crippen LogP contribution in [0.25, 0.3) is 11.0 Å². The SMILES string of the molecule is CC.Cc1cc2ncn(C(F)F)c2cc1F. The molecule has 0 amide bonds. The Morgan fingerprint density at radius 3 is 2.44 bits per heavy atom. The van der Waals surface area contributed by atoms with Gasteiger partial charge >= 0.3 is 6.55 Å². The summed E-state index contributed by atoms with van der Waals surface area (Å²) in [4.78, 5) is 3.76. The Kier molecular flexibility index (Phi) is 3.93. The van der Waals surface area contributed by atoms with Crippen LogP contribution >= 0.6 is 0 Å². The minimum Gasteiger partial charge on any atom is -0.273 e. The fourth-order valence-corrected chi connectivity index (χ4v) is 1.31. The summed E-state index contributed by atoms with van der Waals surface area (Å²) in [6.07, 6.45) is 1.01. The third-order valence-corrected chi connectivity index (χ3v) is 2.07. The quantitative estimate of drug-likeness (QED) is 0.726. The molecule has 2 nitrogen and oxygen atoms in total. The van der Waals surface area contributed by atoms with E-state index >= 15 is 0 Å². The number of rotatable bonds is 1. The van der Waals surface area contributed by atoms with Gasteiger partial charge in [0.25, 0.3) is 0 Å². The van der Waals surface area contributed by atoms with Crippen molar-refractivity contribution in [1.29, 1.82) is 0 Å². The fraction of sp³-hybridized carbons (Fsp3) is 0.364. The van der Waals surface area contributed by atoms with Crippen molar-refractivity contribution in [2.24, 2.45) is 0 Å². The molecule has 16 heavy (non-hydrogen) atoms. The summed E-state index contributed by atoms with van der Waals surface area (Å²) in [6, 6.07) is 2.52. The van der Waals surface area contributed by atoms with Gasteiger partial charge in [0.05, 0.1) is 11.0 Å². The van der Waals surface area contributed by atoms with Crippen molar-refractivity contribution in [3.8, 4) is 0 Å². The van der Waals surface area contributed by atoms with E-state index in [1.165, 1.54) is 6.07 Å². The zero-order valence-corrected chi connectivity index (χ0v) is 9.34. The molecule has 2 rings (SSSR count). The van der Waals surface area contributed by atoms with E-state index in [1.807, 2.05) is 13.8 Å². The van der Waals surface area contributed by atoms with Gasteiger partial charge in [0.2, 0.25) is 0 Å². The second-order valence-corrected chi connectivity index (χ2v) is 3.02. The summed E-state index contributed by atoms with van der Waals surface area (Å²) >= 11 is 0. The molecule has 1 aromatic carbocycles.